The summed E-state index contributed by atoms with van der Waals surface area (Å²) < 4.78 is 92.1. The van der Waals surface area contributed by atoms with E-state index in [1.54, 1.807) is 11.6 Å². The largest absolute Gasteiger partial charge is 0.490 e. The molecule has 18 heteroatoms. The Bertz CT molecular complexity index is 1160. The number of nitrogens with zero attached hydrogens (tertiary/aromatic N) is 5. The fourth-order valence-corrected chi connectivity index (χ4v) is 3.90. The summed E-state index contributed by atoms with van der Waals surface area (Å²) in [5.74, 6) is -4.67. The number of sulfonamides is 1. The van der Waals surface area contributed by atoms with Gasteiger partial charge >= 0.3 is 24.3 Å². The van der Waals surface area contributed by atoms with Crippen molar-refractivity contribution in [3.05, 3.63) is 35.9 Å². The van der Waals surface area contributed by atoms with Gasteiger partial charge in [0, 0.05) is 51.2 Å². The molecule has 0 aliphatic carbocycles. The predicted octanol–water partition coefficient (Wildman–Crippen LogP) is 2.03. The van der Waals surface area contributed by atoms with Crippen LogP contribution in [0.25, 0.3) is 0 Å². The smallest absolute Gasteiger partial charge is 0.475 e. The van der Waals surface area contributed by atoms with Crippen LogP contribution in [0.4, 0.5) is 32.2 Å². The molecule has 0 unspecified atom stereocenters. The number of carbonyl (C=O) groups is 2. The first-order valence-corrected chi connectivity index (χ1v) is 11.0. The molecule has 0 fully saturated rings. The Hall–Kier alpha value is -3.41. The Balaban J connectivity index is 0.000000383. The molecule has 2 N–H and O–H groups in total. The van der Waals surface area contributed by atoms with Gasteiger partial charge in [0.1, 0.15) is 5.82 Å². The number of halogens is 6. The standard InChI is InChI=1S/C14H19N5O2S.2C2HF3O2/c1-11-4-5-12-8-19(7-6-18(3)14(12)16-11)22(20,21)13-9-17(2)10-15-13;2*3-2(4,5)1(6)7/h4-5,9-10H,6-8H2,1-3H3;2*(H,6,7). The van der Waals surface area contributed by atoms with Gasteiger partial charge in [0.05, 0.1) is 6.33 Å². The summed E-state index contributed by atoms with van der Waals surface area (Å²) in [6.07, 6.45) is -7.14. The van der Waals surface area contributed by atoms with E-state index < -0.39 is 34.3 Å². The van der Waals surface area contributed by atoms with Gasteiger partial charge in [-0.2, -0.15) is 30.6 Å². The number of rotatable bonds is 2. The van der Waals surface area contributed by atoms with Gasteiger partial charge in [-0.15, -0.1) is 0 Å². The van der Waals surface area contributed by atoms with Gasteiger partial charge in [-0.1, -0.05) is 6.07 Å². The lowest BCUT2D eigenvalue weighted by molar-refractivity contribution is -0.193. The summed E-state index contributed by atoms with van der Waals surface area (Å²) in [5, 5.41) is 14.3. The van der Waals surface area contributed by atoms with Crippen molar-refractivity contribution < 1.29 is 54.6 Å². The van der Waals surface area contributed by atoms with Gasteiger partial charge in [0.15, 0.2) is 5.03 Å². The van der Waals surface area contributed by atoms with Crippen LogP contribution in [0, 0.1) is 6.92 Å². The lowest BCUT2D eigenvalue weighted by Crippen LogP contribution is -2.34. The summed E-state index contributed by atoms with van der Waals surface area (Å²) in [4.78, 5) is 28.3. The highest BCUT2D eigenvalue weighted by Gasteiger charge is 2.39. The number of anilines is 1. The Morgan fingerprint density at radius 1 is 0.972 bits per heavy atom. The molecule has 2 aromatic rings. The van der Waals surface area contributed by atoms with Crippen molar-refractivity contribution in [1.82, 2.24) is 18.8 Å². The van der Waals surface area contributed by atoms with Gasteiger partial charge in [0.25, 0.3) is 10.0 Å². The van der Waals surface area contributed by atoms with Gasteiger partial charge in [-0.25, -0.2) is 28.0 Å². The first-order valence-electron chi connectivity index (χ1n) is 9.52. The molecule has 0 saturated heterocycles. The minimum absolute atomic E-state index is 0.0844. The minimum Gasteiger partial charge on any atom is -0.475 e. The third-order valence-electron chi connectivity index (χ3n) is 4.26. The highest BCUT2D eigenvalue weighted by Crippen LogP contribution is 2.25. The second-order valence-corrected chi connectivity index (χ2v) is 9.06. The average molecular weight is 549 g/mol. The lowest BCUT2D eigenvalue weighted by Gasteiger charge is -2.19. The lowest BCUT2D eigenvalue weighted by atomic mass is 10.2. The number of imidazole rings is 1. The van der Waals surface area contributed by atoms with E-state index in [1.807, 2.05) is 31.0 Å². The highest BCUT2D eigenvalue weighted by molar-refractivity contribution is 7.89. The number of pyridine rings is 1. The van der Waals surface area contributed by atoms with Gasteiger partial charge in [-0.05, 0) is 13.0 Å². The van der Waals surface area contributed by atoms with E-state index in [0.717, 1.165) is 17.1 Å². The van der Waals surface area contributed by atoms with Crippen LogP contribution in [0.1, 0.15) is 11.3 Å². The molecular formula is C18H21F6N5O6S. The van der Waals surface area contributed by atoms with Crippen LogP contribution in [0.5, 0.6) is 0 Å². The van der Waals surface area contributed by atoms with Crippen molar-refractivity contribution in [3.63, 3.8) is 0 Å². The molecule has 36 heavy (non-hydrogen) atoms. The van der Waals surface area contributed by atoms with E-state index in [1.165, 1.54) is 16.8 Å². The van der Waals surface area contributed by atoms with Crippen molar-refractivity contribution in [2.24, 2.45) is 7.05 Å². The number of aromatic nitrogens is 3. The molecule has 2 aromatic heterocycles. The SMILES string of the molecule is Cc1ccc2c(n1)N(C)CCN(S(=O)(=O)c1cn(C)cn1)C2.O=C(O)C(F)(F)F.O=C(O)C(F)(F)F. The van der Waals surface area contributed by atoms with Gasteiger partial charge in [-0.3, -0.25) is 0 Å². The van der Waals surface area contributed by atoms with E-state index >= 15 is 0 Å². The first kappa shape index (κ1) is 30.6. The van der Waals surface area contributed by atoms with E-state index in [9.17, 15) is 34.8 Å². The van der Waals surface area contributed by atoms with Crippen LogP contribution < -0.4 is 4.90 Å². The third-order valence-corrected chi connectivity index (χ3v) is 5.99. The molecule has 0 bridgehead atoms. The number of hydrogen-bond donors (Lipinski definition) is 2. The van der Waals surface area contributed by atoms with Crippen molar-refractivity contribution in [2.45, 2.75) is 30.8 Å². The summed E-state index contributed by atoms with van der Waals surface area (Å²) in [5.41, 5.74) is 1.83. The van der Waals surface area contributed by atoms with Crippen LogP contribution in [-0.2, 0) is 33.2 Å². The molecule has 0 spiro atoms. The van der Waals surface area contributed by atoms with E-state index in [0.29, 0.717) is 19.6 Å². The molecule has 3 heterocycles. The quantitative estimate of drug-likeness (QED) is 0.538. The molecule has 0 atom stereocenters. The van der Waals surface area contributed by atoms with Crippen molar-refractivity contribution in [1.29, 1.82) is 0 Å². The van der Waals surface area contributed by atoms with Crippen LogP contribution in [-0.4, -0.2) is 81.9 Å². The zero-order valence-corrected chi connectivity index (χ0v) is 19.7. The minimum atomic E-state index is -5.08. The molecule has 3 rings (SSSR count). The van der Waals surface area contributed by atoms with E-state index in [2.05, 4.69) is 9.97 Å². The molecule has 0 saturated carbocycles. The first-order chi connectivity index (χ1) is 16.3. The van der Waals surface area contributed by atoms with Gasteiger partial charge in [0.2, 0.25) is 0 Å². The van der Waals surface area contributed by atoms with Crippen LogP contribution >= 0.6 is 0 Å². The van der Waals surface area contributed by atoms with Crippen LogP contribution in [0.2, 0.25) is 0 Å². The monoisotopic (exact) mass is 549 g/mol. The molecule has 202 valence electrons. The molecule has 1 aliphatic rings. The number of alkyl halides is 6. The maximum atomic E-state index is 12.7. The highest BCUT2D eigenvalue weighted by atomic mass is 32.2. The van der Waals surface area contributed by atoms with Crippen LogP contribution in [0.3, 0.4) is 0 Å². The Kier molecular flexibility index (Phi) is 9.82. The molecule has 11 nitrogen and oxygen atoms in total. The summed E-state index contributed by atoms with van der Waals surface area (Å²) >= 11 is 0. The summed E-state index contributed by atoms with van der Waals surface area (Å²) in [6.45, 7) is 3.24. The summed E-state index contributed by atoms with van der Waals surface area (Å²) in [6, 6.07) is 3.85. The number of hydrogen-bond acceptors (Lipinski definition) is 7. The third kappa shape index (κ3) is 8.67. The zero-order chi connectivity index (χ0) is 28.1. The fourth-order valence-electron chi connectivity index (χ4n) is 2.52. The predicted molar refractivity (Wildman–Crippen MR) is 110 cm³/mol. The zero-order valence-electron chi connectivity index (χ0n) is 18.9. The number of aliphatic carboxylic acids is 2. The normalized spacial score (nSPS) is 14.4. The number of likely N-dealkylation sites (N-methyl/N-ethyl adjacent to an activating group) is 1. The van der Waals surface area contributed by atoms with Crippen molar-refractivity contribution >= 4 is 27.8 Å². The number of aryl methyl sites for hydroxylation is 2. The van der Waals surface area contributed by atoms with Gasteiger partial charge < -0.3 is 19.7 Å². The summed E-state index contributed by atoms with van der Waals surface area (Å²) in [7, 11) is 0.0930. The van der Waals surface area contributed by atoms with E-state index in [-0.39, 0.29) is 5.03 Å². The maximum absolute atomic E-state index is 12.7. The molecule has 0 radical (unpaired) electrons. The molecule has 0 aromatic carbocycles. The Morgan fingerprint density at radius 2 is 1.47 bits per heavy atom. The molecular weight excluding hydrogens is 528 g/mol. The second-order valence-electron chi connectivity index (χ2n) is 7.18. The van der Waals surface area contributed by atoms with Crippen LogP contribution in [0.15, 0.2) is 29.7 Å². The fraction of sp³-hybridized carbons (Fsp3) is 0.444. The molecule has 0 amide bonds. The Labute approximate surface area is 200 Å². The van der Waals surface area contributed by atoms with E-state index in [4.69, 9.17) is 19.8 Å². The topological polar surface area (TPSA) is 146 Å². The number of fused-ring (bicyclic) bond motifs is 1. The van der Waals surface area contributed by atoms with Crippen molar-refractivity contribution in [3.8, 4) is 0 Å². The Morgan fingerprint density at radius 3 is 1.89 bits per heavy atom. The number of carboxylic acid groups (broad SMARTS) is 2. The molecule has 1 aliphatic heterocycles. The maximum Gasteiger partial charge on any atom is 0.490 e. The average Bonchev–Trinajstić information content (AvgIpc) is 3.11. The number of carboxylic acids is 2. The second kappa shape index (κ2) is 11.5. The van der Waals surface area contributed by atoms with Crippen molar-refractivity contribution in [2.75, 3.05) is 25.0 Å².